The van der Waals surface area contributed by atoms with Crippen LogP contribution in [0.5, 0.6) is 11.5 Å². The van der Waals surface area contributed by atoms with Crippen LogP contribution in [0.4, 0.5) is 5.95 Å². The normalized spacial score (nSPS) is 19.8. The van der Waals surface area contributed by atoms with E-state index in [0.29, 0.717) is 18.5 Å². The highest BCUT2D eigenvalue weighted by atomic mass is 16.5. The summed E-state index contributed by atoms with van der Waals surface area (Å²) in [4.78, 5) is 4.51. The summed E-state index contributed by atoms with van der Waals surface area (Å²) in [6.45, 7) is 2.53. The summed E-state index contributed by atoms with van der Waals surface area (Å²) in [5.41, 5.74) is 1.07. The van der Waals surface area contributed by atoms with Crippen LogP contribution in [0.3, 0.4) is 0 Å². The van der Waals surface area contributed by atoms with Gasteiger partial charge in [0.25, 0.3) is 0 Å². The summed E-state index contributed by atoms with van der Waals surface area (Å²) in [5, 5.41) is 7.95. The Morgan fingerprint density at radius 3 is 2.78 bits per heavy atom. The van der Waals surface area contributed by atoms with Gasteiger partial charge in [0.1, 0.15) is 18.1 Å². The third-order valence-electron chi connectivity index (χ3n) is 4.00. The Morgan fingerprint density at radius 2 is 2.09 bits per heavy atom. The smallest absolute Gasteiger partial charge is 0.222 e. The van der Waals surface area contributed by atoms with Gasteiger partial charge in [0, 0.05) is 24.8 Å². The molecule has 0 unspecified atom stereocenters. The number of aromatic nitrogens is 3. The molecule has 23 heavy (non-hydrogen) atoms. The zero-order valence-electron chi connectivity index (χ0n) is 13.9. The lowest BCUT2D eigenvalue weighted by atomic mass is 9.97. The Kier molecular flexibility index (Phi) is 4.38. The number of hydrogen-bond acceptors (Lipinski definition) is 6. The summed E-state index contributed by atoms with van der Waals surface area (Å²) in [6, 6.07) is 6.22. The van der Waals surface area contributed by atoms with Crippen LogP contribution in [0.15, 0.2) is 18.2 Å². The van der Waals surface area contributed by atoms with Crippen molar-refractivity contribution in [1.29, 1.82) is 0 Å². The van der Waals surface area contributed by atoms with Crippen LogP contribution in [-0.2, 0) is 11.3 Å². The largest absolute Gasteiger partial charge is 0.497 e. The Labute approximate surface area is 135 Å². The Hall–Kier alpha value is -2.28. The number of benzene rings is 1. The van der Waals surface area contributed by atoms with E-state index in [2.05, 4.69) is 22.3 Å². The van der Waals surface area contributed by atoms with Gasteiger partial charge in [-0.05, 0) is 25.5 Å². The van der Waals surface area contributed by atoms with E-state index in [1.54, 1.807) is 21.3 Å². The van der Waals surface area contributed by atoms with Crippen molar-refractivity contribution in [3.63, 3.8) is 0 Å². The standard InChI is InChI=1S/C16H22N4O3/c1-10-7-13(12-6-5-11(22-3)8-14(12)23-4)20-16(17-10)18-15(19-20)9-21-2/h5-6,8,10,13H,7,9H2,1-4H3,(H,17,18,19)/t10-,13-/m1/s1. The SMILES string of the molecule is COCc1nc2n(n1)[C@@H](c1ccc(OC)cc1OC)C[C@@H](C)N2. The maximum absolute atomic E-state index is 5.56. The van der Waals surface area contributed by atoms with Crippen LogP contribution in [0.25, 0.3) is 0 Å². The van der Waals surface area contributed by atoms with Gasteiger partial charge in [-0.1, -0.05) is 0 Å². The summed E-state index contributed by atoms with van der Waals surface area (Å²) < 4.78 is 17.9. The number of rotatable bonds is 5. The molecule has 0 saturated carbocycles. The highest BCUT2D eigenvalue weighted by molar-refractivity contribution is 5.45. The number of nitrogens with one attached hydrogen (secondary N) is 1. The molecule has 2 heterocycles. The van der Waals surface area contributed by atoms with E-state index in [9.17, 15) is 0 Å². The first-order valence-electron chi connectivity index (χ1n) is 7.59. The molecule has 1 aliphatic rings. The maximum atomic E-state index is 5.56. The van der Waals surface area contributed by atoms with E-state index < -0.39 is 0 Å². The highest BCUT2D eigenvalue weighted by Crippen LogP contribution is 2.37. The lowest BCUT2D eigenvalue weighted by molar-refractivity contribution is 0.177. The van der Waals surface area contributed by atoms with Gasteiger partial charge in [0.15, 0.2) is 5.82 Å². The number of methoxy groups -OCH3 is 3. The summed E-state index contributed by atoms with van der Waals surface area (Å²) in [5.74, 6) is 2.99. The molecule has 1 aliphatic heterocycles. The Morgan fingerprint density at radius 1 is 1.26 bits per heavy atom. The molecule has 0 radical (unpaired) electrons. The molecule has 1 aromatic carbocycles. The molecule has 1 N–H and O–H groups in total. The number of hydrogen-bond donors (Lipinski definition) is 1. The summed E-state index contributed by atoms with van der Waals surface area (Å²) in [7, 11) is 4.95. The first-order valence-corrected chi connectivity index (χ1v) is 7.59. The molecule has 0 spiro atoms. The zero-order valence-corrected chi connectivity index (χ0v) is 13.9. The molecule has 0 bridgehead atoms. The average molecular weight is 318 g/mol. The van der Waals surface area contributed by atoms with E-state index in [4.69, 9.17) is 14.2 Å². The maximum Gasteiger partial charge on any atom is 0.222 e. The van der Waals surface area contributed by atoms with E-state index in [0.717, 1.165) is 29.4 Å². The van der Waals surface area contributed by atoms with Crippen molar-refractivity contribution in [2.24, 2.45) is 0 Å². The van der Waals surface area contributed by atoms with Gasteiger partial charge in [0.05, 0.1) is 20.3 Å². The molecule has 3 rings (SSSR count). The zero-order chi connectivity index (χ0) is 16.4. The van der Waals surface area contributed by atoms with Gasteiger partial charge in [0.2, 0.25) is 5.95 Å². The predicted molar refractivity (Wildman–Crippen MR) is 86.1 cm³/mol. The molecule has 0 amide bonds. The molecule has 0 saturated heterocycles. The molecule has 2 aromatic rings. The van der Waals surface area contributed by atoms with Gasteiger partial charge >= 0.3 is 0 Å². The van der Waals surface area contributed by atoms with E-state index in [1.807, 2.05) is 22.9 Å². The van der Waals surface area contributed by atoms with Crippen LogP contribution in [0.1, 0.15) is 30.8 Å². The third kappa shape index (κ3) is 2.96. The van der Waals surface area contributed by atoms with Gasteiger partial charge in [-0.25, -0.2) is 4.68 Å². The molecule has 1 aromatic heterocycles. The van der Waals surface area contributed by atoms with Crippen molar-refractivity contribution in [3.05, 3.63) is 29.6 Å². The first-order chi connectivity index (χ1) is 11.2. The van der Waals surface area contributed by atoms with Crippen LogP contribution in [0, 0.1) is 0 Å². The van der Waals surface area contributed by atoms with Crippen molar-refractivity contribution in [2.45, 2.75) is 32.0 Å². The number of ether oxygens (including phenoxy) is 3. The van der Waals surface area contributed by atoms with Crippen molar-refractivity contribution >= 4 is 5.95 Å². The lowest BCUT2D eigenvalue weighted by Crippen LogP contribution is -2.31. The third-order valence-corrected chi connectivity index (χ3v) is 4.00. The minimum atomic E-state index is 0.0558. The molecule has 2 atom stereocenters. The summed E-state index contributed by atoms with van der Waals surface area (Å²) >= 11 is 0. The van der Waals surface area contributed by atoms with Gasteiger partial charge in [-0.3, -0.25) is 0 Å². The minimum absolute atomic E-state index is 0.0558. The number of nitrogens with zero attached hydrogens (tertiary/aromatic N) is 3. The lowest BCUT2D eigenvalue weighted by Gasteiger charge is -2.30. The molecule has 0 fully saturated rings. The van der Waals surface area contributed by atoms with Crippen molar-refractivity contribution in [3.8, 4) is 11.5 Å². The average Bonchev–Trinajstić information content (AvgIpc) is 2.96. The molecule has 7 heteroatoms. The number of anilines is 1. The van der Waals surface area contributed by atoms with Crippen LogP contribution in [-0.4, -0.2) is 42.1 Å². The Balaban J connectivity index is 2.03. The van der Waals surface area contributed by atoms with Gasteiger partial charge < -0.3 is 19.5 Å². The molecular weight excluding hydrogens is 296 g/mol. The fourth-order valence-corrected chi connectivity index (χ4v) is 2.94. The first kappa shape index (κ1) is 15.6. The summed E-state index contributed by atoms with van der Waals surface area (Å²) in [6.07, 6.45) is 0.894. The van der Waals surface area contributed by atoms with Crippen LogP contribution >= 0.6 is 0 Å². The van der Waals surface area contributed by atoms with E-state index in [1.165, 1.54) is 0 Å². The highest BCUT2D eigenvalue weighted by Gasteiger charge is 2.30. The second-order valence-electron chi connectivity index (χ2n) is 5.63. The van der Waals surface area contributed by atoms with Crippen molar-refractivity contribution in [1.82, 2.24) is 14.8 Å². The predicted octanol–water partition coefficient (Wildman–Crippen LogP) is 2.24. The molecule has 0 aliphatic carbocycles. The van der Waals surface area contributed by atoms with Crippen molar-refractivity contribution < 1.29 is 14.2 Å². The van der Waals surface area contributed by atoms with Crippen LogP contribution in [0.2, 0.25) is 0 Å². The second kappa shape index (κ2) is 6.45. The van der Waals surface area contributed by atoms with Gasteiger partial charge in [-0.15, -0.1) is 0 Å². The van der Waals surface area contributed by atoms with E-state index >= 15 is 0 Å². The quantitative estimate of drug-likeness (QED) is 0.911. The Bertz CT molecular complexity index is 686. The molecule has 7 nitrogen and oxygen atoms in total. The number of fused-ring (bicyclic) bond motifs is 1. The fourth-order valence-electron chi connectivity index (χ4n) is 2.94. The van der Waals surface area contributed by atoms with Crippen molar-refractivity contribution in [2.75, 3.05) is 26.6 Å². The monoisotopic (exact) mass is 318 g/mol. The second-order valence-corrected chi connectivity index (χ2v) is 5.63. The fraction of sp³-hybridized carbons (Fsp3) is 0.500. The molecule has 124 valence electrons. The molecular formula is C16H22N4O3. The topological polar surface area (TPSA) is 70.4 Å². The minimum Gasteiger partial charge on any atom is -0.497 e. The van der Waals surface area contributed by atoms with Crippen LogP contribution < -0.4 is 14.8 Å². The van der Waals surface area contributed by atoms with E-state index in [-0.39, 0.29) is 6.04 Å². The van der Waals surface area contributed by atoms with Gasteiger partial charge in [-0.2, -0.15) is 10.1 Å².